The lowest BCUT2D eigenvalue weighted by molar-refractivity contribution is -0.166. The summed E-state index contributed by atoms with van der Waals surface area (Å²) in [7, 11) is 0. The van der Waals surface area contributed by atoms with Crippen LogP contribution in [-0.2, 0) is 11.3 Å². The Hall–Kier alpha value is -2.80. The van der Waals surface area contributed by atoms with Crippen LogP contribution in [0.4, 0.5) is 13.2 Å². The van der Waals surface area contributed by atoms with Gasteiger partial charge in [0.2, 0.25) is 5.91 Å². The zero-order chi connectivity index (χ0) is 20.1. The molecule has 0 spiro atoms. The van der Waals surface area contributed by atoms with E-state index in [0.29, 0.717) is 21.9 Å². The number of hydrogen-bond donors (Lipinski definition) is 0. The van der Waals surface area contributed by atoms with Crippen molar-refractivity contribution in [2.24, 2.45) is 0 Å². The van der Waals surface area contributed by atoms with Crippen molar-refractivity contribution in [2.75, 3.05) is 13.1 Å². The molecule has 1 saturated heterocycles. The van der Waals surface area contributed by atoms with Gasteiger partial charge in [0.25, 0.3) is 11.5 Å². The minimum Gasteiger partial charge on any atom is -0.329 e. The first-order chi connectivity index (χ1) is 13.2. The molecule has 0 N–H and O–H groups in total. The molecule has 0 radical (unpaired) electrons. The maximum Gasteiger partial charge on any atom is 0.282 e. The van der Waals surface area contributed by atoms with Crippen LogP contribution in [0.2, 0.25) is 5.02 Å². The van der Waals surface area contributed by atoms with Gasteiger partial charge in [-0.25, -0.2) is 13.2 Å². The van der Waals surface area contributed by atoms with E-state index in [1.807, 2.05) is 0 Å². The summed E-state index contributed by atoms with van der Waals surface area (Å²) in [6.07, 6.45) is 1.45. The van der Waals surface area contributed by atoms with Crippen LogP contribution in [0.25, 0.3) is 21.9 Å². The molecule has 0 aliphatic carbocycles. The smallest absolute Gasteiger partial charge is 0.282 e. The second-order valence-electron chi connectivity index (χ2n) is 6.75. The van der Waals surface area contributed by atoms with E-state index in [-0.39, 0.29) is 11.6 Å². The Morgan fingerprint density at radius 2 is 1.89 bits per heavy atom. The summed E-state index contributed by atoms with van der Waals surface area (Å²) in [5.41, 5.74) is 0.510. The molecular formula is C20H14ClF3N2O2. The number of likely N-dealkylation sites (tertiary alicyclic amines) is 1. The number of aromatic nitrogens is 1. The first kappa shape index (κ1) is 18.6. The number of halogens is 4. The molecule has 1 aliphatic heterocycles. The van der Waals surface area contributed by atoms with Crippen molar-refractivity contribution in [3.8, 4) is 11.1 Å². The van der Waals surface area contributed by atoms with Gasteiger partial charge in [0.15, 0.2) is 0 Å². The largest absolute Gasteiger partial charge is 0.329 e. The lowest BCUT2D eigenvalue weighted by atomic mass is 9.99. The Bertz CT molecular complexity index is 1150. The molecule has 0 bridgehead atoms. The molecule has 1 aromatic heterocycles. The summed E-state index contributed by atoms with van der Waals surface area (Å²) in [5.74, 6) is -4.03. The van der Waals surface area contributed by atoms with Crippen molar-refractivity contribution < 1.29 is 18.0 Å². The van der Waals surface area contributed by atoms with Gasteiger partial charge in [-0.15, -0.1) is 0 Å². The maximum atomic E-state index is 13.9. The summed E-state index contributed by atoms with van der Waals surface area (Å²) in [6, 6.07) is 11.0. The molecule has 2 heterocycles. The average Bonchev–Trinajstić information content (AvgIpc) is 2.63. The number of pyridine rings is 1. The van der Waals surface area contributed by atoms with Gasteiger partial charge in [0.05, 0.1) is 23.5 Å². The van der Waals surface area contributed by atoms with Gasteiger partial charge < -0.3 is 9.47 Å². The topological polar surface area (TPSA) is 42.3 Å². The van der Waals surface area contributed by atoms with E-state index in [0.717, 1.165) is 4.90 Å². The predicted octanol–water partition coefficient (Wildman–Crippen LogP) is 3.94. The molecule has 0 atom stereocenters. The molecule has 0 saturated carbocycles. The number of nitrogens with zero attached hydrogens (tertiary/aromatic N) is 2. The lowest BCUT2D eigenvalue weighted by Crippen LogP contribution is -2.59. The average molecular weight is 407 g/mol. The van der Waals surface area contributed by atoms with E-state index >= 15 is 0 Å². The quantitative estimate of drug-likeness (QED) is 0.661. The fourth-order valence-electron chi connectivity index (χ4n) is 3.29. The van der Waals surface area contributed by atoms with E-state index in [1.165, 1.54) is 22.9 Å². The van der Waals surface area contributed by atoms with Gasteiger partial charge in [0, 0.05) is 6.20 Å². The van der Waals surface area contributed by atoms with Crippen LogP contribution in [-0.4, -0.2) is 34.4 Å². The maximum absolute atomic E-state index is 13.9. The van der Waals surface area contributed by atoms with Gasteiger partial charge in [-0.05, 0) is 34.7 Å². The van der Waals surface area contributed by atoms with Crippen molar-refractivity contribution in [3.63, 3.8) is 0 Å². The number of amides is 1. The summed E-state index contributed by atoms with van der Waals surface area (Å²) in [5, 5.41) is 0.906. The van der Waals surface area contributed by atoms with E-state index in [1.54, 1.807) is 30.3 Å². The number of carbonyl (C=O) groups is 1. The lowest BCUT2D eigenvalue weighted by Gasteiger charge is -2.38. The molecule has 1 amide bonds. The molecule has 1 fully saturated rings. The number of carbonyl (C=O) groups excluding carboxylic acids is 1. The number of rotatable bonds is 3. The van der Waals surface area contributed by atoms with Crippen LogP contribution in [0.15, 0.2) is 53.5 Å². The minimum atomic E-state index is -2.87. The van der Waals surface area contributed by atoms with E-state index < -0.39 is 36.3 Å². The van der Waals surface area contributed by atoms with E-state index in [2.05, 4.69) is 0 Å². The van der Waals surface area contributed by atoms with Gasteiger partial charge in [-0.3, -0.25) is 9.59 Å². The minimum absolute atomic E-state index is 0.0293. The fraction of sp³-hybridized carbons (Fsp3) is 0.200. The number of fused-ring (bicyclic) bond motifs is 1. The van der Waals surface area contributed by atoms with Crippen molar-refractivity contribution >= 4 is 28.3 Å². The number of benzene rings is 2. The monoisotopic (exact) mass is 406 g/mol. The van der Waals surface area contributed by atoms with Crippen molar-refractivity contribution in [1.82, 2.24) is 9.47 Å². The van der Waals surface area contributed by atoms with Crippen molar-refractivity contribution in [1.29, 1.82) is 0 Å². The molecule has 28 heavy (non-hydrogen) atoms. The second kappa shape index (κ2) is 6.67. The third kappa shape index (κ3) is 3.26. The standard InChI is InChI=1S/C20H14ClF3N2O2/c21-15-5-4-13(8-16(15)22)14-3-1-2-12-6-7-25(19(28)18(12)14)9-17(27)26-10-20(23,24)11-26/h1-8H,9-11H2. The third-order valence-electron chi connectivity index (χ3n) is 4.74. The first-order valence-electron chi connectivity index (χ1n) is 8.48. The SMILES string of the molecule is O=C(Cn1ccc2cccc(-c3ccc(Cl)c(F)c3)c2c1=O)N1CC(F)(F)C1. The highest BCUT2D eigenvalue weighted by molar-refractivity contribution is 6.30. The Morgan fingerprint density at radius 1 is 1.14 bits per heavy atom. The highest BCUT2D eigenvalue weighted by Crippen LogP contribution is 2.29. The highest BCUT2D eigenvalue weighted by atomic mass is 35.5. The summed E-state index contributed by atoms with van der Waals surface area (Å²) in [6.45, 7) is -1.61. The highest BCUT2D eigenvalue weighted by Gasteiger charge is 2.46. The Balaban J connectivity index is 1.75. The van der Waals surface area contributed by atoms with Crippen LogP contribution in [0, 0.1) is 5.82 Å². The van der Waals surface area contributed by atoms with Crippen LogP contribution in [0.3, 0.4) is 0 Å². The molecule has 0 unspecified atom stereocenters. The summed E-state index contributed by atoms with van der Waals surface area (Å²) >= 11 is 5.73. The molecule has 4 rings (SSSR count). The molecule has 1 aliphatic rings. The molecule has 144 valence electrons. The van der Waals surface area contributed by atoms with Gasteiger partial charge >= 0.3 is 0 Å². The molecular weight excluding hydrogens is 393 g/mol. The van der Waals surface area contributed by atoms with Gasteiger partial charge in [-0.1, -0.05) is 35.9 Å². The summed E-state index contributed by atoms with van der Waals surface area (Å²) in [4.78, 5) is 26.2. The Morgan fingerprint density at radius 3 is 2.57 bits per heavy atom. The normalized spacial score (nSPS) is 15.5. The van der Waals surface area contributed by atoms with Crippen LogP contribution >= 0.6 is 11.6 Å². The zero-order valence-corrected chi connectivity index (χ0v) is 15.2. The molecule has 8 heteroatoms. The second-order valence-corrected chi connectivity index (χ2v) is 7.16. The van der Waals surface area contributed by atoms with Crippen LogP contribution < -0.4 is 5.56 Å². The Kier molecular flexibility index (Phi) is 4.42. The van der Waals surface area contributed by atoms with Gasteiger partial charge in [-0.2, -0.15) is 0 Å². The van der Waals surface area contributed by atoms with E-state index in [4.69, 9.17) is 11.6 Å². The fourth-order valence-corrected chi connectivity index (χ4v) is 3.41. The van der Waals surface area contributed by atoms with Crippen LogP contribution in [0.5, 0.6) is 0 Å². The molecule has 4 nitrogen and oxygen atoms in total. The Labute approximate surface area is 162 Å². The number of alkyl halides is 2. The summed E-state index contributed by atoms with van der Waals surface area (Å²) < 4.78 is 41.0. The van der Waals surface area contributed by atoms with E-state index in [9.17, 15) is 22.8 Å². The van der Waals surface area contributed by atoms with Crippen molar-refractivity contribution in [2.45, 2.75) is 12.5 Å². The van der Waals surface area contributed by atoms with Crippen LogP contribution in [0.1, 0.15) is 0 Å². The zero-order valence-electron chi connectivity index (χ0n) is 14.5. The first-order valence-corrected chi connectivity index (χ1v) is 8.86. The van der Waals surface area contributed by atoms with Crippen molar-refractivity contribution in [3.05, 3.63) is 69.9 Å². The number of hydrogen-bond acceptors (Lipinski definition) is 2. The molecule has 3 aromatic rings. The van der Waals surface area contributed by atoms with Gasteiger partial charge in [0.1, 0.15) is 12.4 Å². The predicted molar refractivity (Wildman–Crippen MR) is 100 cm³/mol. The molecule has 2 aromatic carbocycles. The third-order valence-corrected chi connectivity index (χ3v) is 5.05.